The largest absolute Gasteiger partial charge is 0.493 e. The zero-order valence-corrected chi connectivity index (χ0v) is 23.7. The first-order valence-corrected chi connectivity index (χ1v) is 14.0. The Morgan fingerprint density at radius 2 is 1.85 bits per heavy atom. The molecule has 1 aliphatic rings. The monoisotopic (exact) mass is 594 g/mol. The van der Waals surface area contributed by atoms with Gasteiger partial charge in [0.1, 0.15) is 0 Å². The molecule has 2 heterocycles. The minimum absolute atomic E-state index is 0.123. The van der Waals surface area contributed by atoms with Crippen molar-refractivity contribution in [2.45, 2.75) is 30.7 Å². The minimum atomic E-state index is -4.49. The summed E-state index contributed by atoms with van der Waals surface area (Å²) >= 11 is 6.99. The van der Waals surface area contributed by atoms with Gasteiger partial charge in [-0.1, -0.05) is 35.5 Å². The third-order valence-electron chi connectivity index (χ3n) is 6.61. The third-order valence-corrected chi connectivity index (χ3v) is 7.82. The van der Waals surface area contributed by atoms with E-state index < -0.39 is 11.7 Å². The van der Waals surface area contributed by atoms with Gasteiger partial charge in [0.25, 0.3) is 0 Å². The first-order chi connectivity index (χ1) is 19.2. The van der Waals surface area contributed by atoms with Crippen molar-refractivity contribution in [1.29, 1.82) is 0 Å². The van der Waals surface area contributed by atoms with Crippen LogP contribution in [0.1, 0.15) is 24.0 Å². The molecule has 4 rings (SSSR count). The van der Waals surface area contributed by atoms with Crippen LogP contribution in [0.4, 0.5) is 13.2 Å². The average Bonchev–Trinajstić information content (AvgIpc) is 2.95. The Balaban J connectivity index is 1.23. The number of piperidine rings is 1. The molecule has 0 aliphatic carbocycles. The van der Waals surface area contributed by atoms with Gasteiger partial charge < -0.3 is 14.8 Å². The molecule has 0 saturated carbocycles. The Kier molecular flexibility index (Phi) is 10.2. The van der Waals surface area contributed by atoms with E-state index in [1.807, 2.05) is 18.2 Å². The molecule has 1 atom stereocenters. The lowest BCUT2D eigenvalue weighted by molar-refractivity contribution is -0.137. The van der Waals surface area contributed by atoms with Crippen LogP contribution < -0.4 is 14.8 Å². The van der Waals surface area contributed by atoms with Crippen molar-refractivity contribution in [3.8, 4) is 22.6 Å². The van der Waals surface area contributed by atoms with Gasteiger partial charge in [-0.3, -0.25) is 9.69 Å². The number of nitrogens with zero attached hydrogens (tertiary/aromatic N) is 3. The molecule has 2 aromatic carbocycles. The van der Waals surface area contributed by atoms with Gasteiger partial charge in [0, 0.05) is 37.6 Å². The Morgan fingerprint density at radius 1 is 1.10 bits per heavy atom. The Bertz CT molecular complexity index is 1310. The number of rotatable bonds is 10. The topological polar surface area (TPSA) is 76.6 Å². The van der Waals surface area contributed by atoms with E-state index in [9.17, 15) is 18.0 Å². The fraction of sp³-hybridized carbons (Fsp3) is 0.393. The van der Waals surface area contributed by atoms with Crippen molar-refractivity contribution < 1.29 is 27.4 Å². The number of ether oxygens (including phenoxy) is 2. The lowest BCUT2D eigenvalue weighted by Gasteiger charge is -2.33. The predicted octanol–water partition coefficient (Wildman–Crippen LogP) is 5.95. The van der Waals surface area contributed by atoms with Crippen LogP contribution in [-0.4, -0.2) is 60.4 Å². The SMILES string of the molecule is COc1ccc(-c2cnc(SCC(=O)NCC3CCCN(Cc4ccc(Cl)c(C(F)(F)F)c4)C3)nc2)cc1OC. The van der Waals surface area contributed by atoms with E-state index in [0.29, 0.717) is 41.9 Å². The molecular formula is C28H30ClF3N4O3S. The van der Waals surface area contributed by atoms with Crippen LogP contribution in [0.15, 0.2) is 53.9 Å². The summed E-state index contributed by atoms with van der Waals surface area (Å²) in [5.74, 6) is 1.51. The number of nitrogens with one attached hydrogen (secondary N) is 1. The summed E-state index contributed by atoms with van der Waals surface area (Å²) in [4.78, 5) is 23.3. The summed E-state index contributed by atoms with van der Waals surface area (Å²) < 4.78 is 50.2. The smallest absolute Gasteiger partial charge is 0.417 e. The van der Waals surface area contributed by atoms with Crippen molar-refractivity contribution in [2.75, 3.05) is 39.6 Å². The highest BCUT2D eigenvalue weighted by Crippen LogP contribution is 2.36. The molecule has 1 aromatic heterocycles. The van der Waals surface area contributed by atoms with Crippen LogP contribution in [0.2, 0.25) is 5.02 Å². The maximum absolute atomic E-state index is 13.2. The number of alkyl halides is 3. The number of likely N-dealkylation sites (tertiary alicyclic amines) is 1. The van der Waals surface area contributed by atoms with Gasteiger partial charge in [-0.05, 0) is 60.7 Å². The zero-order valence-electron chi connectivity index (χ0n) is 22.1. The van der Waals surface area contributed by atoms with E-state index in [4.69, 9.17) is 21.1 Å². The number of benzene rings is 2. The Hall–Kier alpha value is -3.02. The number of carbonyl (C=O) groups excluding carboxylic acids is 1. The Morgan fingerprint density at radius 3 is 2.55 bits per heavy atom. The molecule has 12 heteroatoms. The third kappa shape index (κ3) is 8.02. The van der Waals surface area contributed by atoms with E-state index in [2.05, 4.69) is 20.2 Å². The molecule has 1 saturated heterocycles. The van der Waals surface area contributed by atoms with Crippen molar-refractivity contribution in [1.82, 2.24) is 20.2 Å². The maximum atomic E-state index is 13.2. The standard InChI is InChI=1S/C28H30ClF3N4O3S/c1-38-24-8-6-20(11-25(24)39-2)21-13-34-27(35-14-21)40-17-26(37)33-12-19-4-3-9-36(16-19)15-18-5-7-23(29)22(10-18)28(30,31)32/h5-8,10-11,13-14,19H,3-4,9,12,15-17H2,1-2H3,(H,33,37). The minimum Gasteiger partial charge on any atom is -0.493 e. The molecule has 1 aliphatic heterocycles. The summed E-state index contributed by atoms with van der Waals surface area (Å²) in [6.07, 6.45) is 0.763. The van der Waals surface area contributed by atoms with E-state index >= 15 is 0 Å². The van der Waals surface area contributed by atoms with Gasteiger partial charge in [-0.25, -0.2) is 9.97 Å². The van der Waals surface area contributed by atoms with Gasteiger partial charge >= 0.3 is 6.18 Å². The maximum Gasteiger partial charge on any atom is 0.417 e. The van der Waals surface area contributed by atoms with Gasteiger partial charge in [-0.15, -0.1) is 0 Å². The van der Waals surface area contributed by atoms with E-state index in [-0.39, 0.29) is 22.6 Å². The number of halogens is 4. The second kappa shape index (κ2) is 13.6. The summed E-state index contributed by atoms with van der Waals surface area (Å²) in [7, 11) is 3.15. The molecule has 1 N–H and O–H groups in total. The molecule has 1 fully saturated rings. The van der Waals surface area contributed by atoms with Gasteiger partial charge in [0.15, 0.2) is 16.7 Å². The molecule has 3 aromatic rings. The number of thioether (sulfide) groups is 1. The van der Waals surface area contributed by atoms with Crippen LogP contribution in [0.5, 0.6) is 11.5 Å². The summed E-state index contributed by atoms with van der Waals surface area (Å²) in [5.41, 5.74) is 1.44. The summed E-state index contributed by atoms with van der Waals surface area (Å²) in [6.45, 7) is 2.39. The van der Waals surface area contributed by atoms with Gasteiger partial charge in [0.2, 0.25) is 5.91 Å². The first kappa shape index (κ1) is 30.0. The van der Waals surface area contributed by atoms with E-state index in [1.54, 1.807) is 32.7 Å². The molecular weight excluding hydrogens is 565 g/mol. The van der Waals surface area contributed by atoms with E-state index in [1.165, 1.54) is 17.8 Å². The van der Waals surface area contributed by atoms with Crippen molar-refractivity contribution in [3.05, 3.63) is 64.9 Å². The molecule has 7 nitrogen and oxygen atoms in total. The molecule has 0 bridgehead atoms. The highest BCUT2D eigenvalue weighted by atomic mass is 35.5. The second-order valence-corrected chi connectivity index (χ2v) is 10.8. The van der Waals surface area contributed by atoms with Crippen LogP contribution in [0, 0.1) is 5.92 Å². The Labute approximate surface area is 240 Å². The molecule has 1 amide bonds. The number of aromatic nitrogens is 2. The van der Waals surface area contributed by atoms with Crippen molar-refractivity contribution >= 4 is 29.3 Å². The number of hydrogen-bond donors (Lipinski definition) is 1. The van der Waals surface area contributed by atoms with Crippen LogP contribution in [0.25, 0.3) is 11.1 Å². The highest BCUT2D eigenvalue weighted by molar-refractivity contribution is 7.99. The van der Waals surface area contributed by atoms with Crippen LogP contribution >= 0.6 is 23.4 Å². The molecule has 1 unspecified atom stereocenters. The molecule has 214 valence electrons. The van der Waals surface area contributed by atoms with Gasteiger partial charge in [0.05, 0.1) is 30.6 Å². The average molecular weight is 595 g/mol. The first-order valence-electron chi connectivity index (χ1n) is 12.7. The lowest BCUT2D eigenvalue weighted by atomic mass is 9.97. The quantitative estimate of drug-likeness (QED) is 0.229. The summed E-state index contributed by atoms with van der Waals surface area (Å²) in [6, 6.07) is 9.60. The number of methoxy groups -OCH3 is 2. The van der Waals surface area contributed by atoms with Crippen LogP contribution in [0.3, 0.4) is 0 Å². The fourth-order valence-corrected chi connectivity index (χ4v) is 5.44. The van der Waals surface area contributed by atoms with Gasteiger partial charge in [-0.2, -0.15) is 13.2 Å². The number of amides is 1. The number of carbonyl (C=O) groups is 1. The normalized spacial score (nSPS) is 16.0. The molecule has 0 spiro atoms. The predicted molar refractivity (Wildman–Crippen MR) is 149 cm³/mol. The van der Waals surface area contributed by atoms with Crippen LogP contribution in [-0.2, 0) is 17.5 Å². The zero-order chi connectivity index (χ0) is 28.7. The lowest BCUT2D eigenvalue weighted by Crippen LogP contribution is -2.41. The molecule has 0 radical (unpaired) electrons. The molecule has 40 heavy (non-hydrogen) atoms. The highest BCUT2D eigenvalue weighted by Gasteiger charge is 2.33. The fourth-order valence-electron chi connectivity index (χ4n) is 4.60. The second-order valence-electron chi connectivity index (χ2n) is 9.47. The van der Waals surface area contributed by atoms with Crippen molar-refractivity contribution in [2.24, 2.45) is 5.92 Å². The number of hydrogen-bond acceptors (Lipinski definition) is 7. The van der Waals surface area contributed by atoms with Crippen molar-refractivity contribution in [3.63, 3.8) is 0 Å². The summed E-state index contributed by atoms with van der Waals surface area (Å²) in [5, 5.41) is 3.16. The van der Waals surface area contributed by atoms with E-state index in [0.717, 1.165) is 36.6 Å².